The number of anilines is 1. The summed E-state index contributed by atoms with van der Waals surface area (Å²) in [6, 6.07) is 6.66. The van der Waals surface area contributed by atoms with Crippen LogP contribution in [0.25, 0.3) is 0 Å². The predicted molar refractivity (Wildman–Crippen MR) is 56.9 cm³/mol. The van der Waals surface area contributed by atoms with Gasteiger partial charge in [-0.25, -0.2) is 0 Å². The number of hydrogen-bond acceptors (Lipinski definition) is 2. The van der Waals surface area contributed by atoms with E-state index in [4.69, 9.17) is 17.3 Å². The molecule has 0 radical (unpaired) electrons. The zero-order chi connectivity index (χ0) is 9.84. The number of carbonyl (C=O) groups excluding carboxylic acids is 1. The van der Waals surface area contributed by atoms with Crippen LogP contribution in [0.2, 0.25) is 5.02 Å². The Hall–Kier alpha value is -1.13. The van der Waals surface area contributed by atoms with Crippen molar-refractivity contribution in [3.05, 3.63) is 29.3 Å². The van der Waals surface area contributed by atoms with Crippen molar-refractivity contribution in [3.8, 4) is 0 Å². The van der Waals surface area contributed by atoms with E-state index in [-0.39, 0.29) is 4.99 Å². The SMILES string of the molecule is NC(=S)C(=O)Nc1ccc(Cl)cc1. The monoisotopic (exact) mass is 214 g/mol. The highest BCUT2D eigenvalue weighted by molar-refractivity contribution is 7.82. The van der Waals surface area contributed by atoms with E-state index in [0.717, 1.165) is 0 Å². The molecule has 0 aliphatic carbocycles. The number of carbonyl (C=O) groups is 1. The molecule has 0 heterocycles. The fourth-order valence-electron chi connectivity index (χ4n) is 0.726. The van der Waals surface area contributed by atoms with Crippen LogP contribution >= 0.6 is 23.8 Å². The summed E-state index contributed by atoms with van der Waals surface area (Å²) in [5, 5.41) is 3.11. The Balaban J connectivity index is 2.70. The molecule has 3 N–H and O–H groups in total. The van der Waals surface area contributed by atoms with Gasteiger partial charge in [-0.15, -0.1) is 0 Å². The van der Waals surface area contributed by atoms with Crippen molar-refractivity contribution in [2.24, 2.45) is 5.73 Å². The first kappa shape index (κ1) is 9.95. The zero-order valence-electron chi connectivity index (χ0n) is 6.58. The standard InChI is InChI=1S/C8H7ClN2OS/c9-5-1-3-6(4-2-5)11-8(12)7(10)13/h1-4H,(H2,10,13)(H,11,12). The third kappa shape index (κ3) is 3.01. The molecule has 0 spiro atoms. The van der Waals surface area contributed by atoms with E-state index >= 15 is 0 Å². The van der Waals surface area contributed by atoms with Gasteiger partial charge in [0.2, 0.25) is 0 Å². The number of amides is 1. The van der Waals surface area contributed by atoms with E-state index < -0.39 is 5.91 Å². The summed E-state index contributed by atoms with van der Waals surface area (Å²) in [5.41, 5.74) is 5.72. The van der Waals surface area contributed by atoms with Crippen LogP contribution in [0.1, 0.15) is 0 Å². The van der Waals surface area contributed by atoms with Gasteiger partial charge in [0.1, 0.15) is 0 Å². The van der Waals surface area contributed by atoms with Crippen LogP contribution in [-0.2, 0) is 4.79 Å². The van der Waals surface area contributed by atoms with Gasteiger partial charge in [0.25, 0.3) is 5.91 Å². The summed E-state index contributed by atoms with van der Waals surface area (Å²) in [7, 11) is 0. The quantitative estimate of drug-likeness (QED) is 0.698. The van der Waals surface area contributed by atoms with Crippen LogP contribution in [-0.4, -0.2) is 10.9 Å². The molecular weight excluding hydrogens is 208 g/mol. The Morgan fingerprint density at radius 1 is 1.38 bits per heavy atom. The average molecular weight is 215 g/mol. The Morgan fingerprint density at radius 3 is 2.38 bits per heavy atom. The summed E-state index contributed by atoms with van der Waals surface area (Å²) in [6.07, 6.45) is 0. The van der Waals surface area contributed by atoms with Crippen molar-refractivity contribution in [2.45, 2.75) is 0 Å². The number of halogens is 1. The van der Waals surface area contributed by atoms with Gasteiger partial charge in [-0.2, -0.15) is 0 Å². The molecule has 0 atom stereocenters. The molecule has 0 aliphatic rings. The first-order chi connectivity index (χ1) is 6.09. The highest BCUT2D eigenvalue weighted by Crippen LogP contribution is 2.12. The molecule has 0 saturated heterocycles. The summed E-state index contributed by atoms with van der Waals surface area (Å²) in [6.45, 7) is 0. The lowest BCUT2D eigenvalue weighted by atomic mass is 10.3. The first-order valence-electron chi connectivity index (χ1n) is 3.46. The van der Waals surface area contributed by atoms with Gasteiger partial charge < -0.3 is 11.1 Å². The minimum atomic E-state index is -0.475. The molecule has 0 unspecified atom stereocenters. The highest BCUT2D eigenvalue weighted by Gasteiger charge is 2.03. The van der Waals surface area contributed by atoms with E-state index in [1.165, 1.54) is 0 Å². The molecule has 1 rings (SSSR count). The van der Waals surface area contributed by atoms with Gasteiger partial charge in [-0.1, -0.05) is 23.8 Å². The molecule has 3 nitrogen and oxygen atoms in total. The first-order valence-corrected chi connectivity index (χ1v) is 4.24. The lowest BCUT2D eigenvalue weighted by molar-refractivity contribution is -0.110. The second-order valence-electron chi connectivity index (χ2n) is 2.33. The lowest BCUT2D eigenvalue weighted by Gasteiger charge is -2.02. The number of nitrogens with one attached hydrogen (secondary N) is 1. The molecule has 0 saturated carbocycles. The second-order valence-corrected chi connectivity index (χ2v) is 3.20. The fraction of sp³-hybridized carbons (Fsp3) is 0. The van der Waals surface area contributed by atoms with Gasteiger partial charge in [-0.3, -0.25) is 4.79 Å². The maximum atomic E-state index is 11.0. The molecule has 1 aromatic carbocycles. The summed E-state index contributed by atoms with van der Waals surface area (Å²) >= 11 is 10.1. The Morgan fingerprint density at radius 2 is 1.92 bits per heavy atom. The van der Waals surface area contributed by atoms with Crippen LogP contribution in [0, 0.1) is 0 Å². The predicted octanol–water partition coefficient (Wildman–Crippen LogP) is 1.56. The molecule has 13 heavy (non-hydrogen) atoms. The minimum absolute atomic E-state index is 0.185. The number of rotatable bonds is 1. The van der Waals surface area contributed by atoms with E-state index in [2.05, 4.69) is 17.5 Å². The van der Waals surface area contributed by atoms with Gasteiger partial charge in [0.15, 0.2) is 4.99 Å². The number of benzene rings is 1. The summed E-state index contributed by atoms with van der Waals surface area (Å²) in [4.78, 5) is 10.8. The van der Waals surface area contributed by atoms with Gasteiger partial charge in [0.05, 0.1) is 0 Å². The maximum Gasteiger partial charge on any atom is 0.282 e. The molecule has 68 valence electrons. The smallest absolute Gasteiger partial charge is 0.282 e. The Bertz CT molecular complexity index is 337. The number of hydrogen-bond donors (Lipinski definition) is 2. The minimum Gasteiger partial charge on any atom is -0.385 e. The van der Waals surface area contributed by atoms with E-state index in [9.17, 15) is 4.79 Å². The molecule has 1 amide bonds. The molecule has 0 aromatic heterocycles. The van der Waals surface area contributed by atoms with Crippen molar-refractivity contribution < 1.29 is 4.79 Å². The van der Waals surface area contributed by atoms with Crippen molar-refractivity contribution in [1.29, 1.82) is 0 Å². The van der Waals surface area contributed by atoms with E-state index in [1.807, 2.05) is 0 Å². The van der Waals surface area contributed by atoms with Crippen molar-refractivity contribution in [3.63, 3.8) is 0 Å². The molecule has 0 aliphatic heterocycles. The normalized spacial score (nSPS) is 9.31. The van der Waals surface area contributed by atoms with Crippen LogP contribution in [0.5, 0.6) is 0 Å². The zero-order valence-corrected chi connectivity index (χ0v) is 8.15. The number of thiocarbonyl (C=S) groups is 1. The third-order valence-corrected chi connectivity index (χ3v) is 1.76. The lowest BCUT2D eigenvalue weighted by Crippen LogP contribution is -2.27. The topological polar surface area (TPSA) is 55.1 Å². The van der Waals surface area contributed by atoms with E-state index in [0.29, 0.717) is 10.7 Å². The van der Waals surface area contributed by atoms with Crippen LogP contribution in [0.3, 0.4) is 0 Å². The van der Waals surface area contributed by atoms with E-state index in [1.54, 1.807) is 24.3 Å². The summed E-state index contributed by atoms with van der Waals surface area (Å²) in [5.74, 6) is -0.475. The fourth-order valence-corrected chi connectivity index (χ4v) is 0.903. The third-order valence-electron chi connectivity index (χ3n) is 1.33. The van der Waals surface area contributed by atoms with Crippen molar-refractivity contribution in [1.82, 2.24) is 0 Å². The van der Waals surface area contributed by atoms with Crippen molar-refractivity contribution in [2.75, 3.05) is 5.32 Å². The van der Waals surface area contributed by atoms with Crippen molar-refractivity contribution >= 4 is 40.4 Å². The van der Waals surface area contributed by atoms with Gasteiger partial charge >= 0.3 is 0 Å². The molecule has 1 aromatic rings. The van der Waals surface area contributed by atoms with Gasteiger partial charge in [-0.05, 0) is 24.3 Å². The largest absolute Gasteiger partial charge is 0.385 e. The van der Waals surface area contributed by atoms with Crippen LogP contribution in [0.4, 0.5) is 5.69 Å². The summed E-state index contributed by atoms with van der Waals surface area (Å²) < 4.78 is 0. The van der Waals surface area contributed by atoms with Gasteiger partial charge in [0, 0.05) is 10.7 Å². The van der Waals surface area contributed by atoms with Crippen LogP contribution in [0.15, 0.2) is 24.3 Å². The Labute approximate surface area is 85.9 Å². The molecule has 0 bridgehead atoms. The maximum absolute atomic E-state index is 11.0. The number of nitrogens with two attached hydrogens (primary N) is 1. The molecular formula is C8H7ClN2OS. The Kier molecular flexibility index (Phi) is 3.22. The highest BCUT2D eigenvalue weighted by atomic mass is 35.5. The average Bonchev–Trinajstić information content (AvgIpc) is 2.08. The second kappa shape index (κ2) is 4.20. The molecule has 0 fully saturated rings. The molecule has 5 heteroatoms. The van der Waals surface area contributed by atoms with Crippen LogP contribution < -0.4 is 11.1 Å².